The Balaban J connectivity index is 1.82. The summed E-state index contributed by atoms with van der Waals surface area (Å²) in [6.07, 6.45) is 5.32. The Kier molecular flexibility index (Phi) is 5.66. The SMILES string of the molecule is CCN(CCNC(=O)/C=C/c1ccccc1[N+](=O)[O-])C1CC1. The number of para-hydroxylation sites is 1. The van der Waals surface area contributed by atoms with Crippen LogP contribution in [0.4, 0.5) is 5.69 Å². The first-order valence-electron chi connectivity index (χ1n) is 7.55. The van der Waals surface area contributed by atoms with Gasteiger partial charge in [-0.2, -0.15) is 0 Å². The maximum Gasteiger partial charge on any atom is 0.276 e. The fraction of sp³-hybridized carbons (Fsp3) is 0.438. The maximum absolute atomic E-state index is 11.8. The van der Waals surface area contributed by atoms with Crippen molar-refractivity contribution in [2.45, 2.75) is 25.8 Å². The number of nitrogens with zero attached hydrogens (tertiary/aromatic N) is 2. The average Bonchev–Trinajstić information content (AvgIpc) is 3.34. The molecule has 22 heavy (non-hydrogen) atoms. The molecule has 0 bridgehead atoms. The first kappa shape index (κ1) is 16.2. The summed E-state index contributed by atoms with van der Waals surface area (Å²) < 4.78 is 0. The van der Waals surface area contributed by atoms with Gasteiger partial charge in [0.1, 0.15) is 0 Å². The highest BCUT2D eigenvalue weighted by molar-refractivity contribution is 5.92. The van der Waals surface area contributed by atoms with Gasteiger partial charge in [0.15, 0.2) is 0 Å². The summed E-state index contributed by atoms with van der Waals surface area (Å²) in [6, 6.07) is 7.04. The van der Waals surface area contributed by atoms with Gasteiger partial charge in [-0.25, -0.2) is 0 Å². The molecule has 118 valence electrons. The van der Waals surface area contributed by atoms with Crippen LogP contribution in [0.3, 0.4) is 0 Å². The monoisotopic (exact) mass is 303 g/mol. The molecule has 0 atom stereocenters. The summed E-state index contributed by atoms with van der Waals surface area (Å²) in [4.78, 5) is 24.5. The minimum atomic E-state index is -0.452. The molecule has 1 fully saturated rings. The third kappa shape index (κ3) is 4.66. The molecular formula is C16H21N3O3. The van der Waals surface area contributed by atoms with Crippen molar-refractivity contribution >= 4 is 17.7 Å². The van der Waals surface area contributed by atoms with Crippen LogP contribution in [0.15, 0.2) is 30.3 Å². The van der Waals surface area contributed by atoms with E-state index in [1.165, 1.54) is 31.1 Å². The Bertz CT molecular complexity index is 568. The lowest BCUT2D eigenvalue weighted by Crippen LogP contribution is -2.35. The highest BCUT2D eigenvalue weighted by Crippen LogP contribution is 2.25. The summed E-state index contributed by atoms with van der Waals surface area (Å²) in [5, 5.41) is 13.7. The quantitative estimate of drug-likeness (QED) is 0.454. The van der Waals surface area contributed by atoms with Crippen LogP contribution in [0.1, 0.15) is 25.3 Å². The minimum Gasteiger partial charge on any atom is -0.351 e. The minimum absolute atomic E-state index is 0.00237. The van der Waals surface area contributed by atoms with Crippen molar-refractivity contribution in [3.63, 3.8) is 0 Å². The molecule has 0 radical (unpaired) electrons. The molecule has 1 amide bonds. The second-order valence-corrected chi connectivity index (χ2v) is 5.30. The standard InChI is InChI=1S/C16H21N3O3/c1-2-18(14-8-9-14)12-11-17-16(20)10-7-13-5-3-4-6-15(13)19(21)22/h3-7,10,14H,2,8-9,11-12H2,1H3,(H,17,20)/b10-7+. The molecule has 0 unspecified atom stereocenters. The summed E-state index contributed by atoms with van der Waals surface area (Å²) in [6.45, 7) is 4.54. The van der Waals surface area contributed by atoms with Crippen molar-refractivity contribution in [3.8, 4) is 0 Å². The number of nitro groups is 1. The van der Waals surface area contributed by atoms with Gasteiger partial charge in [-0.15, -0.1) is 0 Å². The number of rotatable bonds is 8. The van der Waals surface area contributed by atoms with Crippen molar-refractivity contribution in [1.29, 1.82) is 0 Å². The molecule has 1 aromatic carbocycles. The van der Waals surface area contributed by atoms with Gasteiger partial charge in [0.05, 0.1) is 10.5 Å². The molecule has 1 aliphatic carbocycles. The van der Waals surface area contributed by atoms with Crippen LogP contribution in [0.2, 0.25) is 0 Å². The highest BCUT2D eigenvalue weighted by atomic mass is 16.6. The Morgan fingerprint density at radius 2 is 2.18 bits per heavy atom. The fourth-order valence-corrected chi connectivity index (χ4v) is 2.38. The number of likely N-dealkylation sites (N-methyl/N-ethyl adjacent to an activating group) is 1. The normalized spacial score (nSPS) is 14.5. The Morgan fingerprint density at radius 1 is 1.45 bits per heavy atom. The predicted molar refractivity (Wildman–Crippen MR) is 85.4 cm³/mol. The van der Waals surface area contributed by atoms with E-state index in [1.807, 2.05) is 0 Å². The van der Waals surface area contributed by atoms with Crippen molar-refractivity contribution in [1.82, 2.24) is 10.2 Å². The Hall–Kier alpha value is -2.21. The zero-order chi connectivity index (χ0) is 15.9. The van der Waals surface area contributed by atoms with Gasteiger partial charge >= 0.3 is 0 Å². The molecule has 0 saturated heterocycles. The lowest BCUT2D eigenvalue weighted by atomic mass is 10.1. The lowest BCUT2D eigenvalue weighted by Gasteiger charge is -2.19. The van der Waals surface area contributed by atoms with E-state index in [9.17, 15) is 14.9 Å². The first-order valence-corrected chi connectivity index (χ1v) is 7.55. The Labute approximate surface area is 130 Å². The average molecular weight is 303 g/mol. The molecule has 1 aliphatic rings. The molecular weight excluding hydrogens is 282 g/mol. The zero-order valence-corrected chi connectivity index (χ0v) is 12.7. The molecule has 0 spiro atoms. The third-order valence-corrected chi connectivity index (χ3v) is 3.72. The summed E-state index contributed by atoms with van der Waals surface area (Å²) in [5.74, 6) is -0.231. The van der Waals surface area contributed by atoms with Gasteiger partial charge in [0.2, 0.25) is 5.91 Å². The molecule has 0 aliphatic heterocycles. The molecule has 0 heterocycles. The van der Waals surface area contributed by atoms with Crippen LogP contribution in [0, 0.1) is 10.1 Å². The van der Waals surface area contributed by atoms with Gasteiger partial charge in [-0.05, 0) is 31.5 Å². The zero-order valence-electron chi connectivity index (χ0n) is 12.7. The maximum atomic E-state index is 11.8. The van der Waals surface area contributed by atoms with Gasteiger partial charge < -0.3 is 5.32 Å². The number of carbonyl (C=O) groups is 1. The number of amides is 1. The highest BCUT2D eigenvalue weighted by Gasteiger charge is 2.27. The van der Waals surface area contributed by atoms with Gasteiger partial charge in [0, 0.05) is 31.3 Å². The van der Waals surface area contributed by atoms with Crippen molar-refractivity contribution < 1.29 is 9.72 Å². The fourth-order valence-electron chi connectivity index (χ4n) is 2.38. The van der Waals surface area contributed by atoms with E-state index in [0.29, 0.717) is 18.2 Å². The third-order valence-electron chi connectivity index (χ3n) is 3.72. The second kappa shape index (κ2) is 7.70. The predicted octanol–water partition coefficient (Wildman–Crippen LogP) is 2.21. The van der Waals surface area contributed by atoms with E-state index >= 15 is 0 Å². The van der Waals surface area contributed by atoms with Gasteiger partial charge in [-0.1, -0.05) is 19.1 Å². The summed E-state index contributed by atoms with van der Waals surface area (Å²) in [5.41, 5.74) is 0.424. The van der Waals surface area contributed by atoms with Gasteiger partial charge in [0.25, 0.3) is 5.69 Å². The van der Waals surface area contributed by atoms with Crippen molar-refractivity contribution in [2.75, 3.05) is 19.6 Å². The van der Waals surface area contributed by atoms with Crippen LogP contribution < -0.4 is 5.32 Å². The lowest BCUT2D eigenvalue weighted by molar-refractivity contribution is -0.385. The van der Waals surface area contributed by atoms with Crippen LogP contribution >= 0.6 is 0 Å². The summed E-state index contributed by atoms with van der Waals surface area (Å²) >= 11 is 0. The molecule has 1 aromatic rings. The molecule has 1 saturated carbocycles. The van der Waals surface area contributed by atoms with E-state index in [1.54, 1.807) is 18.2 Å². The molecule has 6 heteroatoms. The van der Waals surface area contributed by atoms with E-state index in [2.05, 4.69) is 17.1 Å². The smallest absolute Gasteiger partial charge is 0.276 e. The van der Waals surface area contributed by atoms with E-state index in [-0.39, 0.29) is 11.6 Å². The van der Waals surface area contributed by atoms with E-state index < -0.39 is 4.92 Å². The first-order chi connectivity index (χ1) is 10.6. The number of benzene rings is 1. The van der Waals surface area contributed by atoms with E-state index in [0.717, 1.165) is 13.1 Å². The van der Waals surface area contributed by atoms with Crippen molar-refractivity contribution in [3.05, 3.63) is 46.0 Å². The number of hydrogen-bond donors (Lipinski definition) is 1. The summed E-state index contributed by atoms with van der Waals surface area (Å²) in [7, 11) is 0. The van der Waals surface area contributed by atoms with E-state index in [4.69, 9.17) is 0 Å². The largest absolute Gasteiger partial charge is 0.351 e. The van der Waals surface area contributed by atoms with Crippen LogP contribution in [0.25, 0.3) is 6.08 Å². The van der Waals surface area contributed by atoms with Gasteiger partial charge in [-0.3, -0.25) is 19.8 Å². The topological polar surface area (TPSA) is 75.5 Å². The van der Waals surface area contributed by atoms with Crippen LogP contribution in [0.5, 0.6) is 0 Å². The molecule has 0 aromatic heterocycles. The Morgan fingerprint density at radius 3 is 2.82 bits per heavy atom. The van der Waals surface area contributed by atoms with Crippen LogP contribution in [-0.2, 0) is 4.79 Å². The second-order valence-electron chi connectivity index (χ2n) is 5.30. The van der Waals surface area contributed by atoms with Crippen LogP contribution in [-0.4, -0.2) is 41.4 Å². The number of hydrogen-bond acceptors (Lipinski definition) is 4. The number of carbonyl (C=O) groups excluding carboxylic acids is 1. The molecule has 6 nitrogen and oxygen atoms in total. The number of nitrogens with one attached hydrogen (secondary N) is 1. The molecule has 2 rings (SSSR count). The van der Waals surface area contributed by atoms with Crippen molar-refractivity contribution in [2.24, 2.45) is 0 Å². The molecule has 1 N–H and O–H groups in total. The number of nitro benzene ring substituents is 1.